The predicted molar refractivity (Wildman–Crippen MR) is 106 cm³/mol. The SMILES string of the molecule is CCS(=O)(=O)Oc1ccc(C=C2C(=O)NN(c3ccccc3)C2=O)c(C)c1C. The molecule has 2 aromatic carbocycles. The van der Waals surface area contributed by atoms with Crippen molar-refractivity contribution in [1.82, 2.24) is 5.43 Å². The van der Waals surface area contributed by atoms with Crippen LogP contribution in [0.3, 0.4) is 0 Å². The van der Waals surface area contributed by atoms with Crippen LogP contribution in [0, 0.1) is 13.8 Å². The monoisotopic (exact) mass is 400 g/mol. The highest BCUT2D eigenvalue weighted by atomic mass is 32.2. The number of hydrazine groups is 1. The van der Waals surface area contributed by atoms with E-state index in [1.54, 1.807) is 44.2 Å². The molecule has 28 heavy (non-hydrogen) atoms. The summed E-state index contributed by atoms with van der Waals surface area (Å²) < 4.78 is 28.5. The molecule has 1 fully saturated rings. The third-order valence-electron chi connectivity index (χ3n) is 4.56. The van der Waals surface area contributed by atoms with Gasteiger partial charge >= 0.3 is 10.1 Å². The second-order valence-corrected chi connectivity index (χ2v) is 8.17. The summed E-state index contributed by atoms with van der Waals surface area (Å²) in [6.45, 7) is 5.00. The van der Waals surface area contributed by atoms with Crippen LogP contribution in [0.4, 0.5) is 5.69 Å². The molecule has 0 saturated carbocycles. The van der Waals surface area contributed by atoms with E-state index in [0.29, 0.717) is 16.8 Å². The minimum Gasteiger partial charge on any atom is -0.382 e. The largest absolute Gasteiger partial charge is 0.382 e. The Balaban J connectivity index is 1.94. The number of para-hydroxylation sites is 1. The number of benzene rings is 2. The second-order valence-electron chi connectivity index (χ2n) is 6.31. The fourth-order valence-electron chi connectivity index (χ4n) is 2.73. The quantitative estimate of drug-likeness (QED) is 0.473. The number of amides is 2. The van der Waals surface area contributed by atoms with Gasteiger partial charge in [0.1, 0.15) is 11.3 Å². The molecule has 1 heterocycles. The van der Waals surface area contributed by atoms with E-state index in [-0.39, 0.29) is 17.1 Å². The van der Waals surface area contributed by atoms with E-state index in [4.69, 9.17) is 4.18 Å². The first-order valence-electron chi connectivity index (χ1n) is 8.68. The van der Waals surface area contributed by atoms with Gasteiger partial charge in [-0.15, -0.1) is 0 Å². The molecule has 1 saturated heterocycles. The highest BCUT2D eigenvalue weighted by molar-refractivity contribution is 7.87. The van der Waals surface area contributed by atoms with Crippen LogP contribution in [-0.4, -0.2) is 26.0 Å². The maximum absolute atomic E-state index is 12.7. The summed E-state index contributed by atoms with van der Waals surface area (Å²) in [5.41, 5.74) is 5.08. The molecular weight excluding hydrogens is 380 g/mol. The lowest BCUT2D eigenvalue weighted by atomic mass is 10.00. The van der Waals surface area contributed by atoms with Gasteiger partial charge in [0.2, 0.25) is 0 Å². The van der Waals surface area contributed by atoms with Crippen LogP contribution in [0.5, 0.6) is 5.75 Å². The number of nitrogens with one attached hydrogen (secondary N) is 1. The summed E-state index contributed by atoms with van der Waals surface area (Å²) >= 11 is 0. The minimum atomic E-state index is -3.64. The van der Waals surface area contributed by atoms with Gasteiger partial charge in [0.05, 0.1) is 11.4 Å². The smallest absolute Gasteiger partial charge is 0.308 e. The van der Waals surface area contributed by atoms with E-state index in [9.17, 15) is 18.0 Å². The van der Waals surface area contributed by atoms with Crippen molar-refractivity contribution in [2.45, 2.75) is 20.8 Å². The molecule has 1 N–H and O–H groups in total. The van der Waals surface area contributed by atoms with Crippen molar-refractivity contribution < 1.29 is 22.2 Å². The molecule has 146 valence electrons. The molecule has 0 aromatic heterocycles. The first-order chi connectivity index (χ1) is 13.2. The van der Waals surface area contributed by atoms with Crippen molar-refractivity contribution in [2.75, 3.05) is 10.8 Å². The van der Waals surface area contributed by atoms with Crippen LogP contribution in [0.25, 0.3) is 6.08 Å². The molecule has 0 bridgehead atoms. The maximum atomic E-state index is 12.7. The molecule has 1 aliphatic heterocycles. The Labute approximate surface area is 163 Å². The van der Waals surface area contributed by atoms with E-state index < -0.39 is 21.9 Å². The van der Waals surface area contributed by atoms with E-state index in [2.05, 4.69) is 5.43 Å². The lowest BCUT2D eigenvalue weighted by molar-refractivity contribution is -0.117. The van der Waals surface area contributed by atoms with E-state index in [0.717, 1.165) is 5.56 Å². The summed E-state index contributed by atoms with van der Waals surface area (Å²) in [4.78, 5) is 25.0. The molecule has 0 atom stereocenters. The molecule has 0 aliphatic carbocycles. The Kier molecular flexibility index (Phi) is 5.24. The topological polar surface area (TPSA) is 92.8 Å². The van der Waals surface area contributed by atoms with E-state index in [1.165, 1.54) is 24.1 Å². The van der Waals surface area contributed by atoms with Gasteiger partial charge in [-0.25, -0.2) is 5.01 Å². The summed E-state index contributed by atoms with van der Waals surface area (Å²) in [6, 6.07) is 11.9. The van der Waals surface area contributed by atoms with Crippen molar-refractivity contribution in [2.24, 2.45) is 0 Å². The Morgan fingerprint density at radius 2 is 1.71 bits per heavy atom. The maximum Gasteiger partial charge on any atom is 0.308 e. The third kappa shape index (κ3) is 3.77. The van der Waals surface area contributed by atoms with Crippen LogP contribution in [0.2, 0.25) is 0 Å². The Morgan fingerprint density at radius 1 is 1.04 bits per heavy atom. The molecule has 0 spiro atoms. The number of anilines is 1. The molecular formula is C20H20N2O5S. The zero-order valence-electron chi connectivity index (χ0n) is 15.7. The van der Waals surface area contributed by atoms with Crippen LogP contribution < -0.4 is 14.6 Å². The third-order valence-corrected chi connectivity index (χ3v) is 5.70. The molecule has 0 radical (unpaired) electrons. The van der Waals surface area contributed by atoms with Gasteiger partial charge in [-0.05, 0) is 61.7 Å². The molecule has 8 heteroatoms. The second kappa shape index (κ2) is 7.47. The molecule has 0 unspecified atom stereocenters. The van der Waals surface area contributed by atoms with Gasteiger partial charge in [0, 0.05) is 0 Å². The van der Waals surface area contributed by atoms with E-state index in [1.807, 2.05) is 6.07 Å². The molecule has 3 rings (SSSR count). The van der Waals surface area contributed by atoms with Crippen molar-refractivity contribution in [3.05, 3.63) is 64.7 Å². The Bertz CT molecular complexity index is 1080. The predicted octanol–water partition coefficient (Wildman–Crippen LogP) is 2.49. The molecule has 2 amide bonds. The van der Waals surface area contributed by atoms with Gasteiger partial charge < -0.3 is 4.18 Å². The van der Waals surface area contributed by atoms with Gasteiger partial charge in [0.15, 0.2) is 0 Å². The zero-order chi connectivity index (χ0) is 20.5. The van der Waals surface area contributed by atoms with Gasteiger partial charge in [-0.1, -0.05) is 24.3 Å². The summed E-state index contributed by atoms with van der Waals surface area (Å²) in [5.74, 6) is -0.863. The zero-order valence-corrected chi connectivity index (χ0v) is 16.5. The van der Waals surface area contributed by atoms with Gasteiger partial charge in [-0.2, -0.15) is 8.42 Å². The first-order valence-corrected chi connectivity index (χ1v) is 10.3. The number of hydrogen-bond acceptors (Lipinski definition) is 5. The molecule has 7 nitrogen and oxygen atoms in total. The average Bonchev–Trinajstić information content (AvgIpc) is 2.96. The standard InChI is InChI=1S/C20H20N2O5S/c1-4-28(25,26)27-18-11-10-15(13(2)14(18)3)12-17-19(23)21-22(20(17)24)16-8-6-5-7-9-16/h5-12H,4H2,1-3H3,(H,21,23). The lowest BCUT2D eigenvalue weighted by Crippen LogP contribution is -2.35. The van der Waals surface area contributed by atoms with Crippen LogP contribution in [-0.2, 0) is 19.7 Å². The highest BCUT2D eigenvalue weighted by Crippen LogP contribution is 2.28. The van der Waals surface area contributed by atoms with Gasteiger partial charge in [0.25, 0.3) is 11.8 Å². The van der Waals surface area contributed by atoms with Crippen LogP contribution in [0.1, 0.15) is 23.6 Å². The number of rotatable bonds is 5. The number of hydrogen-bond donors (Lipinski definition) is 1. The summed E-state index contributed by atoms with van der Waals surface area (Å²) in [5, 5.41) is 1.20. The van der Waals surface area contributed by atoms with Crippen molar-refractivity contribution in [3.8, 4) is 5.75 Å². The summed E-state index contributed by atoms with van der Waals surface area (Å²) in [6.07, 6.45) is 1.50. The normalized spacial score (nSPS) is 15.8. The van der Waals surface area contributed by atoms with Crippen LogP contribution >= 0.6 is 0 Å². The van der Waals surface area contributed by atoms with Crippen molar-refractivity contribution >= 4 is 33.7 Å². The van der Waals surface area contributed by atoms with Crippen molar-refractivity contribution in [1.29, 1.82) is 0 Å². The average molecular weight is 400 g/mol. The summed E-state index contributed by atoms with van der Waals surface area (Å²) in [7, 11) is -3.64. The fraction of sp³-hybridized carbons (Fsp3) is 0.200. The lowest BCUT2D eigenvalue weighted by Gasteiger charge is -2.14. The highest BCUT2D eigenvalue weighted by Gasteiger charge is 2.34. The van der Waals surface area contributed by atoms with Crippen molar-refractivity contribution in [3.63, 3.8) is 0 Å². The number of carbonyl (C=O) groups excluding carboxylic acids is 2. The fourth-order valence-corrected chi connectivity index (χ4v) is 3.30. The Morgan fingerprint density at radius 3 is 2.36 bits per heavy atom. The van der Waals surface area contributed by atoms with E-state index >= 15 is 0 Å². The number of nitrogens with zero attached hydrogens (tertiary/aromatic N) is 1. The number of carbonyl (C=O) groups is 2. The van der Waals surface area contributed by atoms with Crippen LogP contribution in [0.15, 0.2) is 48.0 Å². The minimum absolute atomic E-state index is 0.00111. The first kappa shape index (κ1) is 19.6. The Hall–Kier alpha value is -3.13. The molecule has 1 aliphatic rings. The van der Waals surface area contributed by atoms with Gasteiger partial charge in [-0.3, -0.25) is 15.0 Å². The molecule has 2 aromatic rings.